The van der Waals surface area contributed by atoms with Crippen LogP contribution in [0.25, 0.3) is 0 Å². The van der Waals surface area contributed by atoms with E-state index in [1.54, 1.807) is 5.57 Å². The number of hydrogen-bond donors (Lipinski definition) is 0. The van der Waals surface area contributed by atoms with Gasteiger partial charge < -0.3 is 0 Å². The van der Waals surface area contributed by atoms with Crippen molar-refractivity contribution >= 4 is 7.56 Å². The molecule has 0 aliphatic carbocycles. The summed E-state index contributed by atoms with van der Waals surface area (Å²) in [6.07, 6.45) is 5.18. The van der Waals surface area contributed by atoms with Crippen molar-refractivity contribution in [1.29, 1.82) is 0 Å². The Labute approximate surface area is 102 Å². The summed E-state index contributed by atoms with van der Waals surface area (Å²) in [6.45, 7) is 16.4. The molecule has 96 valence electrons. The van der Waals surface area contributed by atoms with Gasteiger partial charge in [-0.05, 0) is 0 Å². The molecule has 0 radical (unpaired) electrons. The molecule has 1 aliphatic heterocycles. The summed E-state index contributed by atoms with van der Waals surface area (Å²) in [7, 11) is -1.38. The molecule has 0 saturated carbocycles. The molecule has 0 aromatic rings. The second kappa shape index (κ2) is 6.14. The molecule has 0 aromatic carbocycles. The van der Waals surface area contributed by atoms with E-state index in [0.29, 0.717) is 0 Å². The van der Waals surface area contributed by atoms with Gasteiger partial charge in [0.05, 0.1) is 0 Å². The van der Waals surface area contributed by atoms with Crippen LogP contribution in [0.1, 0.15) is 34.6 Å². The molecule has 0 aromatic heterocycles. The van der Waals surface area contributed by atoms with Crippen LogP contribution in [0.3, 0.4) is 0 Å². The second-order valence-electron chi connectivity index (χ2n) is 4.76. The van der Waals surface area contributed by atoms with E-state index in [1.165, 1.54) is 38.5 Å². The van der Waals surface area contributed by atoms with E-state index in [9.17, 15) is 0 Å². The second-order valence-corrected chi connectivity index (χ2v) is 8.75. The van der Waals surface area contributed by atoms with Gasteiger partial charge in [-0.2, -0.15) is 0 Å². The van der Waals surface area contributed by atoms with Gasteiger partial charge in [0.1, 0.15) is 0 Å². The summed E-state index contributed by atoms with van der Waals surface area (Å²) < 4.78 is 5.54. The first-order valence-electron chi connectivity index (χ1n) is 6.80. The summed E-state index contributed by atoms with van der Waals surface area (Å²) >= 11 is 0. The summed E-state index contributed by atoms with van der Waals surface area (Å²) in [6, 6.07) is 0. The van der Waals surface area contributed by atoms with Crippen molar-refractivity contribution in [3.8, 4) is 0 Å². The van der Waals surface area contributed by atoms with E-state index in [0.717, 1.165) is 0 Å². The van der Waals surface area contributed by atoms with Crippen molar-refractivity contribution in [3.05, 3.63) is 11.6 Å². The molecule has 1 rings (SSSR count). The zero-order chi connectivity index (χ0) is 12.2. The first kappa shape index (κ1) is 14.2. The summed E-state index contributed by atoms with van der Waals surface area (Å²) in [4.78, 5) is 0. The van der Waals surface area contributed by atoms with Crippen molar-refractivity contribution in [1.82, 2.24) is 9.34 Å². The topological polar surface area (TPSA) is 6.48 Å². The molecule has 1 heterocycles. The third-order valence-electron chi connectivity index (χ3n) is 4.04. The van der Waals surface area contributed by atoms with E-state index in [4.69, 9.17) is 0 Å². The van der Waals surface area contributed by atoms with Crippen LogP contribution in [0, 0.1) is 0 Å². The average molecular weight is 244 g/mol. The molecule has 1 aliphatic rings. The molecule has 16 heavy (non-hydrogen) atoms. The van der Waals surface area contributed by atoms with Gasteiger partial charge in [0, 0.05) is 0 Å². The Bertz CT molecular complexity index is 230. The average Bonchev–Trinajstić information content (AvgIpc) is 2.65. The zero-order valence-electron chi connectivity index (χ0n) is 11.7. The van der Waals surface area contributed by atoms with Gasteiger partial charge in [0.2, 0.25) is 0 Å². The SMILES string of the molecule is CCN(CC)[PH]1(N(CC)CC)CC=C(C)C1. The van der Waals surface area contributed by atoms with Crippen LogP contribution in [0.4, 0.5) is 0 Å². The molecular weight excluding hydrogens is 215 g/mol. The predicted octanol–water partition coefficient (Wildman–Crippen LogP) is 3.21. The predicted molar refractivity (Wildman–Crippen MR) is 77.6 cm³/mol. The number of hydrogen-bond acceptors (Lipinski definition) is 2. The van der Waals surface area contributed by atoms with Crippen LogP contribution < -0.4 is 0 Å². The Morgan fingerprint density at radius 2 is 1.44 bits per heavy atom. The van der Waals surface area contributed by atoms with Crippen molar-refractivity contribution in [2.24, 2.45) is 0 Å². The van der Waals surface area contributed by atoms with Gasteiger partial charge in [-0.3, -0.25) is 0 Å². The monoisotopic (exact) mass is 244 g/mol. The van der Waals surface area contributed by atoms with Gasteiger partial charge in [-0.1, -0.05) is 0 Å². The minimum absolute atomic E-state index is 1.21. The first-order chi connectivity index (χ1) is 7.64. The van der Waals surface area contributed by atoms with Gasteiger partial charge in [-0.15, -0.1) is 0 Å². The standard InChI is InChI=1S/C13H29N2P/c1-6-14(7-2)16(15(8-3)9-4)11-10-13(5)12-16/h10,16H,6-9,11-12H2,1-5H3. The summed E-state index contributed by atoms with van der Waals surface area (Å²) in [5, 5.41) is 0. The van der Waals surface area contributed by atoms with E-state index < -0.39 is 7.56 Å². The van der Waals surface area contributed by atoms with Crippen LogP contribution in [0.15, 0.2) is 11.6 Å². The third kappa shape index (κ3) is 2.50. The molecule has 0 bridgehead atoms. The van der Waals surface area contributed by atoms with Gasteiger partial charge >= 0.3 is 102 Å². The number of rotatable bonds is 6. The Balaban J connectivity index is 2.93. The van der Waals surface area contributed by atoms with Crippen LogP contribution >= 0.6 is 7.56 Å². The fraction of sp³-hybridized carbons (Fsp3) is 0.846. The molecule has 0 unspecified atom stereocenters. The first-order valence-corrected chi connectivity index (χ1v) is 9.11. The van der Waals surface area contributed by atoms with Crippen molar-refractivity contribution in [2.75, 3.05) is 38.5 Å². The van der Waals surface area contributed by atoms with Crippen LogP contribution in [-0.2, 0) is 0 Å². The van der Waals surface area contributed by atoms with E-state index >= 15 is 0 Å². The van der Waals surface area contributed by atoms with E-state index in [-0.39, 0.29) is 0 Å². The van der Waals surface area contributed by atoms with Gasteiger partial charge in [0.15, 0.2) is 0 Å². The molecule has 0 spiro atoms. The molecule has 0 amide bonds. The summed E-state index contributed by atoms with van der Waals surface area (Å²) in [5.41, 5.74) is 1.62. The van der Waals surface area contributed by atoms with Crippen molar-refractivity contribution < 1.29 is 0 Å². The van der Waals surface area contributed by atoms with Gasteiger partial charge in [-0.25, -0.2) is 0 Å². The Morgan fingerprint density at radius 1 is 1.00 bits per heavy atom. The van der Waals surface area contributed by atoms with Crippen LogP contribution in [0.5, 0.6) is 0 Å². The molecule has 0 fully saturated rings. The van der Waals surface area contributed by atoms with Crippen molar-refractivity contribution in [3.63, 3.8) is 0 Å². The fourth-order valence-corrected chi connectivity index (χ4v) is 8.81. The van der Waals surface area contributed by atoms with E-state index in [1.807, 2.05) is 0 Å². The van der Waals surface area contributed by atoms with Gasteiger partial charge in [0.25, 0.3) is 0 Å². The number of allylic oxidation sites excluding steroid dienone is 2. The van der Waals surface area contributed by atoms with Crippen molar-refractivity contribution in [2.45, 2.75) is 34.6 Å². The molecule has 3 heteroatoms. The molecule has 2 nitrogen and oxygen atoms in total. The molecule has 0 atom stereocenters. The quantitative estimate of drug-likeness (QED) is 0.523. The Kier molecular flexibility index (Phi) is 5.43. The third-order valence-corrected chi connectivity index (χ3v) is 9.64. The number of nitrogens with zero attached hydrogens (tertiary/aromatic N) is 2. The minimum atomic E-state index is -1.38. The Morgan fingerprint density at radius 3 is 1.69 bits per heavy atom. The van der Waals surface area contributed by atoms with Crippen LogP contribution in [0.2, 0.25) is 0 Å². The Hall–Kier alpha value is 0.0900. The molecular formula is C13H29N2P. The molecule has 0 saturated heterocycles. The van der Waals surface area contributed by atoms with E-state index in [2.05, 4.69) is 50.0 Å². The van der Waals surface area contributed by atoms with Crippen LogP contribution in [-0.4, -0.2) is 47.8 Å². The summed E-state index contributed by atoms with van der Waals surface area (Å²) in [5.74, 6) is 0. The zero-order valence-corrected chi connectivity index (χ0v) is 12.7. The maximum atomic E-state index is 2.77. The maximum absolute atomic E-state index is 2.77. The molecule has 0 N–H and O–H groups in total. The fourth-order valence-electron chi connectivity index (χ4n) is 3.23. The normalized spacial score (nSPS) is 21.6.